The minimum absolute atomic E-state index is 0.00794. The van der Waals surface area contributed by atoms with Crippen LogP contribution in [0.1, 0.15) is 6.92 Å². The molecule has 27 heavy (non-hydrogen) atoms. The van der Waals surface area contributed by atoms with Gasteiger partial charge in [-0.25, -0.2) is 8.42 Å². The molecule has 7 nitrogen and oxygen atoms in total. The highest BCUT2D eigenvalue weighted by molar-refractivity contribution is 9.10. The quantitative estimate of drug-likeness (QED) is 0.671. The van der Waals surface area contributed by atoms with E-state index in [1.165, 1.54) is 38.2 Å². The molecule has 10 heteroatoms. The third-order valence-electron chi connectivity index (χ3n) is 3.45. The van der Waals surface area contributed by atoms with Crippen molar-refractivity contribution in [1.29, 1.82) is 0 Å². The molecule has 0 aliphatic rings. The van der Waals surface area contributed by atoms with Crippen molar-refractivity contribution in [2.45, 2.75) is 11.8 Å². The smallest absolute Gasteiger partial charge is 0.243 e. The van der Waals surface area contributed by atoms with E-state index in [4.69, 9.17) is 11.6 Å². The predicted octanol–water partition coefficient (Wildman–Crippen LogP) is 3.32. The second-order valence-corrected chi connectivity index (χ2v) is 9.01. The van der Waals surface area contributed by atoms with Gasteiger partial charge in [0.15, 0.2) is 0 Å². The third-order valence-corrected chi connectivity index (χ3v) is 6.08. The van der Waals surface area contributed by atoms with Gasteiger partial charge in [0.25, 0.3) is 0 Å². The van der Waals surface area contributed by atoms with Crippen molar-refractivity contribution in [2.24, 2.45) is 0 Å². The Morgan fingerprint density at radius 2 is 1.74 bits per heavy atom. The first-order valence-corrected chi connectivity index (χ1v) is 10.3. The Labute approximate surface area is 170 Å². The number of hydrogen-bond donors (Lipinski definition) is 2. The molecule has 2 N–H and O–H groups in total. The van der Waals surface area contributed by atoms with E-state index in [0.29, 0.717) is 16.4 Å². The highest BCUT2D eigenvalue weighted by Crippen LogP contribution is 2.25. The maximum absolute atomic E-state index is 12.6. The van der Waals surface area contributed by atoms with Crippen LogP contribution in [-0.2, 0) is 19.6 Å². The molecule has 0 heterocycles. The molecule has 2 rings (SSSR count). The van der Waals surface area contributed by atoms with E-state index in [9.17, 15) is 18.0 Å². The fourth-order valence-electron chi connectivity index (χ4n) is 2.16. The molecule has 0 aromatic heterocycles. The van der Waals surface area contributed by atoms with Crippen LogP contribution in [0.2, 0.25) is 5.02 Å². The number of hydrogen-bond acceptors (Lipinski definition) is 4. The van der Waals surface area contributed by atoms with Crippen molar-refractivity contribution in [3.8, 4) is 0 Å². The number of anilines is 2. The number of amides is 2. The molecule has 2 amide bonds. The molecular weight excluding hydrogens is 458 g/mol. The van der Waals surface area contributed by atoms with Crippen molar-refractivity contribution in [3.63, 3.8) is 0 Å². The van der Waals surface area contributed by atoms with E-state index in [0.717, 1.165) is 8.78 Å². The minimum Gasteiger partial charge on any atom is -0.326 e. The van der Waals surface area contributed by atoms with Gasteiger partial charge in [-0.05, 0) is 42.5 Å². The first-order valence-electron chi connectivity index (χ1n) is 7.68. The number of halogens is 2. The Kier molecular flexibility index (Phi) is 6.99. The summed E-state index contributed by atoms with van der Waals surface area (Å²) in [6.45, 7) is 0.969. The van der Waals surface area contributed by atoms with Gasteiger partial charge >= 0.3 is 0 Å². The molecule has 0 atom stereocenters. The lowest BCUT2D eigenvalue weighted by Gasteiger charge is -2.17. The molecular formula is C17H17BrClN3O4S. The number of carbonyl (C=O) groups excluding carboxylic acids is 2. The molecule has 0 saturated carbocycles. The van der Waals surface area contributed by atoms with Crippen LogP contribution in [0.25, 0.3) is 0 Å². The van der Waals surface area contributed by atoms with Crippen LogP contribution in [0.4, 0.5) is 11.4 Å². The SMILES string of the molecule is CC(=O)Nc1ccc(S(=O)(=O)N(C)CC(=O)Nc2ccc(Br)cc2Cl)cc1. The van der Waals surface area contributed by atoms with E-state index in [-0.39, 0.29) is 17.3 Å². The zero-order valence-electron chi connectivity index (χ0n) is 14.5. The molecule has 0 bridgehead atoms. The molecule has 2 aromatic carbocycles. The number of benzene rings is 2. The zero-order chi connectivity index (χ0) is 20.2. The summed E-state index contributed by atoms with van der Waals surface area (Å²) in [5.74, 6) is -0.786. The number of sulfonamides is 1. The van der Waals surface area contributed by atoms with Gasteiger partial charge in [-0.2, -0.15) is 4.31 Å². The molecule has 0 saturated heterocycles. The maximum atomic E-state index is 12.6. The lowest BCUT2D eigenvalue weighted by atomic mass is 10.3. The zero-order valence-corrected chi connectivity index (χ0v) is 17.7. The molecule has 2 aromatic rings. The summed E-state index contributed by atoms with van der Waals surface area (Å²) in [5, 5.41) is 5.46. The molecule has 0 radical (unpaired) electrons. The van der Waals surface area contributed by atoms with Crippen molar-refractivity contribution < 1.29 is 18.0 Å². The van der Waals surface area contributed by atoms with Crippen LogP contribution in [0.15, 0.2) is 51.8 Å². The number of nitrogens with zero attached hydrogens (tertiary/aromatic N) is 1. The van der Waals surface area contributed by atoms with Gasteiger partial charge in [-0.1, -0.05) is 27.5 Å². The van der Waals surface area contributed by atoms with Crippen LogP contribution < -0.4 is 10.6 Å². The van der Waals surface area contributed by atoms with Crippen LogP contribution in [-0.4, -0.2) is 38.1 Å². The minimum atomic E-state index is -3.87. The lowest BCUT2D eigenvalue weighted by Crippen LogP contribution is -2.35. The van der Waals surface area contributed by atoms with Gasteiger partial charge in [0.05, 0.1) is 22.2 Å². The highest BCUT2D eigenvalue weighted by Gasteiger charge is 2.23. The number of carbonyl (C=O) groups is 2. The summed E-state index contributed by atoms with van der Waals surface area (Å²) in [6, 6.07) is 10.6. The molecule has 0 fully saturated rings. The lowest BCUT2D eigenvalue weighted by molar-refractivity contribution is -0.116. The fraction of sp³-hybridized carbons (Fsp3) is 0.176. The molecule has 0 aliphatic heterocycles. The van der Waals surface area contributed by atoms with Crippen LogP contribution in [0.3, 0.4) is 0 Å². The van der Waals surface area contributed by atoms with Gasteiger partial charge in [0.1, 0.15) is 0 Å². The Morgan fingerprint density at radius 1 is 1.11 bits per heavy atom. The van der Waals surface area contributed by atoms with Crippen molar-refractivity contribution >= 4 is 60.7 Å². The second-order valence-electron chi connectivity index (χ2n) is 5.64. The monoisotopic (exact) mass is 473 g/mol. The summed E-state index contributed by atoms with van der Waals surface area (Å²) >= 11 is 9.31. The van der Waals surface area contributed by atoms with Crippen LogP contribution in [0, 0.1) is 0 Å². The second kappa shape index (κ2) is 8.83. The molecule has 144 valence electrons. The number of rotatable bonds is 6. The summed E-state index contributed by atoms with van der Waals surface area (Å²) in [7, 11) is -2.56. The molecule has 0 unspecified atom stereocenters. The average molecular weight is 475 g/mol. The van der Waals surface area contributed by atoms with Gasteiger partial charge < -0.3 is 10.6 Å². The van der Waals surface area contributed by atoms with E-state index in [1.54, 1.807) is 18.2 Å². The van der Waals surface area contributed by atoms with E-state index in [1.807, 2.05) is 0 Å². The maximum Gasteiger partial charge on any atom is 0.243 e. The standard InChI is InChI=1S/C17H17BrClN3O4S/c1-11(23)20-13-4-6-14(7-5-13)27(25,26)22(2)10-17(24)21-16-8-3-12(18)9-15(16)19/h3-9H,10H2,1-2H3,(H,20,23)(H,21,24). The Bertz CT molecular complexity index is 965. The largest absolute Gasteiger partial charge is 0.326 e. The summed E-state index contributed by atoms with van der Waals surface area (Å²) in [4.78, 5) is 23.2. The van der Waals surface area contributed by atoms with Crippen molar-refractivity contribution in [3.05, 3.63) is 52.0 Å². The third kappa shape index (κ3) is 5.77. The van der Waals surface area contributed by atoms with E-state index >= 15 is 0 Å². The number of likely N-dealkylation sites (N-methyl/N-ethyl adjacent to an activating group) is 1. The normalized spacial score (nSPS) is 11.3. The first kappa shape index (κ1) is 21.4. The van der Waals surface area contributed by atoms with Gasteiger partial charge in [-0.3, -0.25) is 9.59 Å². The van der Waals surface area contributed by atoms with Crippen LogP contribution in [0.5, 0.6) is 0 Å². The summed E-state index contributed by atoms with van der Waals surface area (Å²) in [5.41, 5.74) is 0.863. The van der Waals surface area contributed by atoms with E-state index in [2.05, 4.69) is 26.6 Å². The molecule has 0 aliphatic carbocycles. The highest BCUT2D eigenvalue weighted by atomic mass is 79.9. The topological polar surface area (TPSA) is 95.6 Å². The van der Waals surface area contributed by atoms with Crippen molar-refractivity contribution in [1.82, 2.24) is 4.31 Å². The van der Waals surface area contributed by atoms with E-state index < -0.39 is 15.9 Å². The van der Waals surface area contributed by atoms with Gasteiger partial charge in [-0.15, -0.1) is 0 Å². The Balaban J connectivity index is 2.07. The average Bonchev–Trinajstić information content (AvgIpc) is 2.57. The summed E-state index contributed by atoms with van der Waals surface area (Å²) < 4.78 is 26.9. The van der Waals surface area contributed by atoms with Gasteiger partial charge in [0.2, 0.25) is 21.8 Å². The first-order chi connectivity index (χ1) is 12.6. The predicted molar refractivity (Wildman–Crippen MR) is 108 cm³/mol. The van der Waals surface area contributed by atoms with Crippen molar-refractivity contribution in [2.75, 3.05) is 24.2 Å². The van der Waals surface area contributed by atoms with Crippen LogP contribution >= 0.6 is 27.5 Å². The summed E-state index contributed by atoms with van der Waals surface area (Å²) in [6.07, 6.45) is 0. The fourth-order valence-corrected chi connectivity index (χ4v) is 4.01. The Morgan fingerprint density at radius 3 is 2.30 bits per heavy atom. The number of nitrogens with one attached hydrogen (secondary N) is 2. The van der Waals surface area contributed by atoms with Gasteiger partial charge in [0, 0.05) is 24.1 Å². The Hall–Kier alpha value is -1.94. The molecule has 0 spiro atoms.